The summed E-state index contributed by atoms with van der Waals surface area (Å²) in [5, 5.41) is 16.0. The summed E-state index contributed by atoms with van der Waals surface area (Å²) in [6.07, 6.45) is 6.80. The average Bonchev–Trinajstić information content (AvgIpc) is 3.12. The van der Waals surface area contributed by atoms with Crippen LogP contribution in [0.4, 0.5) is 5.69 Å². The molecule has 1 aromatic carbocycles. The number of carbonyl (C=O) groups is 1. The number of aromatic nitrogens is 4. The lowest BCUT2D eigenvalue weighted by Gasteiger charge is -2.07. The minimum absolute atomic E-state index is 0. The van der Waals surface area contributed by atoms with Gasteiger partial charge in [-0.15, -0.1) is 0 Å². The molecular weight excluding hydrogens is 328 g/mol. The lowest BCUT2D eigenvalue weighted by Crippen LogP contribution is -2.12. The van der Waals surface area contributed by atoms with E-state index in [-0.39, 0.29) is 7.33 Å². The van der Waals surface area contributed by atoms with Crippen molar-refractivity contribution in [2.75, 3.05) is 5.32 Å². The van der Waals surface area contributed by atoms with Gasteiger partial charge < -0.3 is 5.32 Å². The maximum absolute atomic E-state index is 12.4. The zero-order valence-electron chi connectivity index (χ0n) is 13.5. The highest BCUT2D eigenvalue weighted by molar-refractivity contribution is 6.04. The average molecular weight is 342 g/mol. The van der Waals surface area contributed by atoms with Crippen LogP contribution < -0.4 is 5.32 Å². The van der Waals surface area contributed by atoms with Crippen LogP contribution in [0.15, 0.2) is 67.3 Å². The zero-order chi connectivity index (χ0) is 17.9. The SMILES string of the molecule is N#Cc1cccc(C(=O)Nc2ccnc(-c3cnn4cccnc34)c2)c1.[HH]. The standard InChI is InChI=1S/C19H12N6O.H2/c20-11-13-3-1-4-14(9-13)19(26)24-15-5-7-21-17(10-15)16-12-23-25-8-2-6-22-18(16)25;/h1-10,12H,(H,21,24,26);1H. The molecular formula is C19H14N6O. The number of amides is 1. The van der Waals surface area contributed by atoms with Crippen LogP contribution in [0.1, 0.15) is 17.3 Å². The molecule has 0 aliphatic heterocycles. The largest absolute Gasteiger partial charge is 0.322 e. The topological polar surface area (TPSA) is 96.0 Å². The van der Waals surface area contributed by atoms with Gasteiger partial charge in [0.25, 0.3) is 5.91 Å². The monoisotopic (exact) mass is 342 g/mol. The lowest BCUT2D eigenvalue weighted by atomic mass is 10.1. The third-order valence-electron chi connectivity index (χ3n) is 3.83. The van der Waals surface area contributed by atoms with Gasteiger partial charge in [-0.1, -0.05) is 6.07 Å². The van der Waals surface area contributed by atoms with Crippen LogP contribution in [0.2, 0.25) is 0 Å². The molecule has 0 aliphatic carbocycles. The Hall–Kier alpha value is -4.05. The van der Waals surface area contributed by atoms with Gasteiger partial charge in [-0.2, -0.15) is 10.4 Å². The van der Waals surface area contributed by atoms with Crippen molar-refractivity contribution < 1.29 is 6.22 Å². The van der Waals surface area contributed by atoms with Crippen LogP contribution in [0.5, 0.6) is 0 Å². The minimum Gasteiger partial charge on any atom is -0.322 e. The molecule has 3 aromatic heterocycles. The van der Waals surface area contributed by atoms with E-state index in [1.807, 2.05) is 6.07 Å². The molecule has 4 rings (SSSR count). The lowest BCUT2D eigenvalue weighted by molar-refractivity contribution is 0.102. The van der Waals surface area contributed by atoms with E-state index in [9.17, 15) is 4.79 Å². The molecule has 0 aliphatic rings. The zero-order valence-corrected chi connectivity index (χ0v) is 13.5. The van der Waals surface area contributed by atoms with Gasteiger partial charge in [-0.05, 0) is 36.4 Å². The van der Waals surface area contributed by atoms with Gasteiger partial charge in [0.05, 0.1) is 29.1 Å². The van der Waals surface area contributed by atoms with E-state index in [2.05, 4.69) is 20.4 Å². The molecule has 126 valence electrons. The van der Waals surface area contributed by atoms with Crippen LogP contribution in [0, 0.1) is 11.3 Å². The minimum atomic E-state index is -0.294. The van der Waals surface area contributed by atoms with Gasteiger partial charge in [0.1, 0.15) is 0 Å². The quantitative estimate of drug-likeness (QED) is 0.617. The maximum Gasteiger partial charge on any atom is 0.255 e. The van der Waals surface area contributed by atoms with Crippen molar-refractivity contribution in [1.82, 2.24) is 19.6 Å². The van der Waals surface area contributed by atoms with Crippen molar-refractivity contribution in [2.45, 2.75) is 0 Å². The number of nitrogens with zero attached hydrogens (tertiary/aromatic N) is 5. The number of carbonyl (C=O) groups excluding carboxylic acids is 1. The second kappa shape index (κ2) is 6.45. The fourth-order valence-corrected chi connectivity index (χ4v) is 2.60. The highest BCUT2D eigenvalue weighted by atomic mass is 16.1. The second-order valence-electron chi connectivity index (χ2n) is 5.52. The smallest absolute Gasteiger partial charge is 0.255 e. The molecule has 1 N–H and O–H groups in total. The van der Waals surface area contributed by atoms with E-state index in [1.54, 1.807) is 71.8 Å². The number of benzene rings is 1. The number of hydrogen-bond acceptors (Lipinski definition) is 5. The van der Waals surface area contributed by atoms with Crippen molar-refractivity contribution in [3.05, 3.63) is 78.4 Å². The summed E-state index contributed by atoms with van der Waals surface area (Å²) in [4.78, 5) is 21.1. The summed E-state index contributed by atoms with van der Waals surface area (Å²) in [6.45, 7) is 0. The first-order chi connectivity index (χ1) is 12.7. The predicted molar refractivity (Wildman–Crippen MR) is 97.4 cm³/mol. The van der Waals surface area contributed by atoms with Crippen molar-refractivity contribution in [1.29, 1.82) is 5.26 Å². The summed E-state index contributed by atoms with van der Waals surface area (Å²) < 4.78 is 1.66. The Morgan fingerprint density at radius 1 is 1.15 bits per heavy atom. The molecule has 7 nitrogen and oxygen atoms in total. The summed E-state index contributed by atoms with van der Waals surface area (Å²) in [7, 11) is 0. The van der Waals surface area contributed by atoms with E-state index < -0.39 is 0 Å². The van der Waals surface area contributed by atoms with E-state index in [4.69, 9.17) is 5.26 Å². The predicted octanol–water partition coefficient (Wildman–Crippen LogP) is 3.16. The van der Waals surface area contributed by atoms with Crippen molar-refractivity contribution in [3.8, 4) is 17.3 Å². The summed E-state index contributed by atoms with van der Waals surface area (Å²) in [5.74, 6) is -0.294. The van der Waals surface area contributed by atoms with Crippen LogP contribution in [-0.2, 0) is 0 Å². The molecule has 0 saturated heterocycles. The molecule has 0 bridgehead atoms. The highest BCUT2D eigenvalue weighted by Crippen LogP contribution is 2.23. The van der Waals surface area contributed by atoms with Gasteiger partial charge in [-0.3, -0.25) is 9.78 Å². The van der Waals surface area contributed by atoms with Gasteiger partial charge in [0.15, 0.2) is 5.65 Å². The Morgan fingerprint density at radius 3 is 2.96 bits per heavy atom. The molecule has 0 unspecified atom stereocenters. The molecule has 0 spiro atoms. The van der Waals surface area contributed by atoms with Crippen LogP contribution in [0.3, 0.4) is 0 Å². The summed E-state index contributed by atoms with van der Waals surface area (Å²) in [6, 6.07) is 13.8. The van der Waals surface area contributed by atoms with Crippen molar-refractivity contribution in [2.24, 2.45) is 0 Å². The summed E-state index contributed by atoms with van der Waals surface area (Å²) >= 11 is 0. The number of nitrogens with one attached hydrogen (secondary N) is 1. The summed E-state index contributed by atoms with van der Waals surface area (Å²) in [5.41, 5.74) is 3.56. The Balaban J connectivity index is 0.00000210. The fourth-order valence-electron chi connectivity index (χ4n) is 2.60. The van der Waals surface area contributed by atoms with Crippen LogP contribution >= 0.6 is 0 Å². The Labute approximate surface area is 150 Å². The van der Waals surface area contributed by atoms with Gasteiger partial charge in [0, 0.05) is 31.3 Å². The molecule has 4 aromatic rings. The number of anilines is 1. The molecule has 7 heteroatoms. The Bertz CT molecular complexity index is 1160. The van der Waals surface area contributed by atoms with Crippen LogP contribution in [-0.4, -0.2) is 25.5 Å². The maximum atomic E-state index is 12.4. The number of fused-ring (bicyclic) bond motifs is 1. The molecule has 0 atom stereocenters. The second-order valence-corrected chi connectivity index (χ2v) is 5.52. The third-order valence-corrected chi connectivity index (χ3v) is 3.83. The third kappa shape index (κ3) is 2.87. The number of nitriles is 1. The van der Waals surface area contributed by atoms with Crippen molar-refractivity contribution in [3.63, 3.8) is 0 Å². The Morgan fingerprint density at radius 2 is 2.08 bits per heavy atom. The molecule has 0 fully saturated rings. The molecule has 3 heterocycles. The van der Waals surface area contributed by atoms with Crippen molar-refractivity contribution >= 4 is 17.2 Å². The highest BCUT2D eigenvalue weighted by Gasteiger charge is 2.11. The van der Waals surface area contributed by atoms with Crippen LogP contribution in [0.25, 0.3) is 16.9 Å². The first kappa shape index (κ1) is 15.5. The first-order valence-corrected chi connectivity index (χ1v) is 7.81. The molecule has 0 radical (unpaired) electrons. The van der Waals surface area contributed by atoms with E-state index in [0.717, 1.165) is 5.56 Å². The molecule has 1 amide bonds. The number of rotatable bonds is 3. The van der Waals surface area contributed by atoms with Gasteiger partial charge in [-0.25, -0.2) is 9.50 Å². The fraction of sp³-hybridized carbons (Fsp3) is 0. The Kier molecular flexibility index (Phi) is 3.84. The van der Waals surface area contributed by atoms with Gasteiger partial charge >= 0.3 is 0 Å². The normalized spacial score (nSPS) is 10.4. The van der Waals surface area contributed by atoms with E-state index in [0.29, 0.717) is 28.2 Å². The van der Waals surface area contributed by atoms with Gasteiger partial charge in [0.2, 0.25) is 0 Å². The van der Waals surface area contributed by atoms with E-state index >= 15 is 0 Å². The number of hydrogen-bond donors (Lipinski definition) is 1. The molecule has 26 heavy (non-hydrogen) atoms. The molecule has 0 saturated carbocycles. The first-order valence-electron chi connectivity index (χ1n) is 7.81. The van der Waals surface area contributed by atoms with E-state index in [1.165, 1.54) is 0 Å². The number of pyridine rings is 1.